The molecule has 238 valence electrons. The first-order chi connectivity index (χ1) is 22.4. The Morgan fingerprint density at radius 1 is 1.02 bits per heavy atom. The predicted molar refractivity (Wildman–Crippen MR) is 180 cm³/mol. The van der Waals surface area contributed by atoms with Gasteiger partial charge in [0.25, 0.3) is 5.91 Å². The number of hydrogen-bond acceptors (Lipinski definition) is 5. The molecule has 1 aromatic heterocycles. The van der Waals surface area contributed by atoms with Crippen molar-refractivity contribution >= 4 is 34.4 Å². The van der Waals surface area contributed by atoms with Gasteiger partial charge in [0.05, 0.1) is 18.5 Å². The van der Waals surface area contributed by atoms with Crippen molar-refractivity contribution in [3.05, 3.63) is 122 Å². The lowest BCUT2D eigenvalue weighted by atomic mass is 9.79. The van der Waals surface area contributed by atoms with E-state index in [-0.39, 0.29) is 28.7 Å². The van der Waals surface area contributed by atoms with Crippen LogP contribution in [0, 0.1) is 0 Å². The second-order valence-corrected chi connectivity index (χ2v) is 12.7. The Bertz CT molecular complexity index is 1800. The van der Waals surface area contributed by atoms with Crippen LogP contribution < -0.4 is 15.5 Å². The van der Waals surface area contributed by atoms with Crippen molar-refractivity contribution in [2.24, 2.45) is 0 Å². The summed E-state index contributed by atoms with van der Waals surface area (Å²) in [6, 6.07) is 22.2. The highest BCUT2D eigenvalue weighted by molar-refractivity contribution is 6.30. The monoisotopic (exact) mass is 638 g/mol. The van der Waals surface area contributed by atoms with E-state index in [2.05, 4.69) is 35.7 Å². The molecule has 1 saturated carbocycles. The lowest BCUT2D eigenvalue weighted by molar-refractivity contribution is -0.133. The molecular weight excluding hydrogens is 600 g/mol. The number of halogens is 1. The molecule has 0 spiro atoms. The van der Waals surface area contributed by atoms with E-state index in [4.69, 9.17) is 20.8 Å². The third-order valence-corrected chi connectivity index (χ3v) is 9.44. The van der Waals surface area contributed by atoms with Crippen molar-refractivity contribution in [2.45, 2.75) is 69.9 Å². The molecule has 46 heavy (non-hydrogen) atoms. The van der Waals surface area contributed by atoms with Crippen molar-refractivity contribution < 1.29 is 18.7 Å². The normalized spacial score (nSPS) is 17.5. The van der Waals surface area contributed by atoms with Gasteiger partial charge in [-0.05, 0) is 91.8 Å². The minimum atomic E-state index is -0.462. The molecule has 1 atom stereocenters. The zero-order valence-corrected chi connectivity index (χ0v) is 26.9. The molecule has 8 heteroatoms. The number of likely N-dealkylation sites (tertiary alicyclic amines) is 1. The largest absolute Gasteiger partial charge is 0.493 e. The van der Waals surface area contributed by atoms with E-state index in [1.807, 2.05) is 29.2 Å². The fourth-order valence-corrected chi connectivity index (χ4v) is 6.88. The number of benzene rings is 3. The Balaban J connectivity index is 1.20. The van der Waals surface area contributed by atoms with Gasteiger partial charge in [-0.1, -0.05) is 65.7 Å². The fourth-order valence-electron chi connectivity index (χ4n) is 6.75. The van der Waals surface area contributed by atoms with Crippen LogP contribution in [0.1, 0.15) is 78.1 Å². The van der Waals surface area contributed by atoms with E-state index >= 15 is 0 Å². The summed E-state index contributed by atoms with van der Waals surface area (Å²) in [4.78, 5) is 40.9. The molecule has 0 bridgehead atoms. The average molecular weight is 639 g/mol. The summed E-state index contributed by atoms with van der Waals surface area (Å²) in [6.45, 7) is 1.52. The van der Waals surface area contributed by atoms with Gasteiger partial charge >= 0.3 is 0 Å². The third-order valence-electron chi connectivity index (χ3n) is 9.19. The quantitative estimate of drug-likeness (QED) is 0.191. The zero-order valence-electron chi connectivity index (χ0n) is 26.1. The van der Waals surface area contributed by atoms with Crippen molar-refractivity contribution in [2.75, 3.05) is 13.7 Å². The van der Waals surface area contributed by atoms with Crippen LogP contribution in [0.4, 0.5) is 0 Å². The average Bonchev–Trinajstić information content (AvgIpc) is 3.07. The fraction of sp³-hybridized carbons (Fsp3) is 0.342. The van der Waals surface area contributed by atoms with E-state index < -0.39 is 5.91 Å². The van der Waals surface area contributed by atoms with Gasteiger partial charge in [-0.3, -0.25) is 14.4 Å². The zero-order chi connectivity index (χ0) is 32.0. The van der Waals surface area contributed by atoms with Gasteiger partial charge in [-0.25, -0.2) is 0 Å². The molecule has 2 fully saturated rings. The summed E-state index contributed by atoms with van der Waals surface area (Å²) >= 11 is 6.14. The van der Waals surface area contributed by atoms with E-state index in [1.165, 1.54) is 29.9 Å². The number of para-hydroxylation sites is 1. The Kier molecular flexibility index (Phi) is 9.88. The molecule has 1 saturated heterocycles. The number of hydrogen-bond donors (Lipinski definition) is 1. The number of ether oxygens (including phenoxy) is 1. The molecule has 4 aromatic rings. The van der Waals surface area contributed by atoms with Gasteiger partial charge in [0.15, 0.2) is 22.5 Å². The van der Waals surface area contributed by atoms with Crippen LogP contribution in [0.3, 0.4) is 0 Å². The summed E-state index contributed by atoms with van der Waals surface area (Å²) in [7, 11) is 1.50. The first kappa shape index (κ1) is 31.6. The van der Waals surface area contributed by atoms with Crippen LogP contribution in [-0.2, 0) is 17.8 Å². The van der Waals surface area contributed by atoms with Gasteiger partial charge in [0, 0.05) is 30.6 Å². The predicted octanol–water partition coefficient (Wildman–Crippen LogP) is 7.59. The maximum Gasteiger partial charge on any atom is 0.287 e. The number of carbonyl (C=O) groups excluding carboxylic acids is 2. The lowest BCUT2D eigenvalue weighted by Gasteiger charge is -2.31. The molecule has 7 nitrogen and oxygen atoms in total. The van der Waals surface area contributed by atoms with Crippen molar-refractivity contribution in [1.29, 1.82) is 0 Å². The van der Waals surface area contributed by atoms with Gasteiger partial charge in [-0.2, -0.15) is 0 Å². The highest BCUT2D eigenvalue weighted by atomic mass is 35.5. The van der Waals surface area contributed by atoms with Crippen LogP contribution in [0.2, 0.25) is 5.02 Å². The molecule has 0 radical (unpaired) electrons. The number of allylic oxidation sites excluding steroid dienone is 1. The van der Waals surface area contributed by atoms with Gasteiger partial charge < -0.3 is 19.4 Å². The van der Waals surface area contributed by atoms with E-state index in [0.717, 1.165) is 50.6 Å². The second kappa shape index (κ2) is 14.4. The number of nitrogens with zero attached hydrogens (tertiary/aromatic N) is 1. The van der Waals surface area contributed by atoms with Gasteiger partial charge in [0.1, 0.15) is 0 Å². The maximum absolute atomic E-state index is 13.5. The maximum atomic E-state index is 13.5. The summed E-state index contributed by atoms with van der Waals surface area (Å²) in [5.74, 6) is 0.541. The summed E-state index contributed by atoms with van der Waals surface area (Å²) in [5, 5.41) is 4.12. The molecule has 1 N–H and O–H groups in total. The molecule has 1 aliphatic heterocycles. The van der Waals surface area contributed by atoms with Crippen LogP contribution in [0.15, 0.2) is 93.7 Å². The highest BCUT2D eigenvalue weighted by Gasteiger charge is 2.25. The molecule has 1 aliphatic carbocycles. The number of rotatable bonds is 9. The smallest absolute Gasteiger partial charge is 0.287 e. The minimum Gasteiger partial charge on any atom is -0.493 e. The first-order valence-electron chi connectivity index (χ1n) is 16.1. The van der Waals surface area contributed by atoms with Crippen LogP contribution in [0.5, 0.6) is 5.75 Å². The van der Waals surface area contributed by atoms with E-state index in [0.29, 0.717) is 41.5 Å². The third kappa shape index (κ3) is 7.37. The molecule has 6 rings (SSSR count). The van der Waals surface area contributed by atoms with Crippen molar-refractivity contribution in [3.8, 4) is 5.75 Å². The first-order valence-corrected chi connectivity index (χ1v) is 16.5. The standard InChI is InChI=1S/C38H39ClN2O5/c1-45-34-10-6-9-32-33(42)23-35(46-37(32)34)38(44)40-30(22-26-14-18-29(39)19-15-26)21-25-12-16-27(17-13-25)31-8-3-2-7-28(31)24-41-20-5-4-11-36(41)43/h2-3,6-10,14-15,18-19,21,23,27,30H,4-5,11-13,16-17,20,22,24H2,1H3,(H,40,44)/t27?,30-/m1/s1. The highest BCUT2D eigenvalue weighted by Crippen LogP contribution is 2.38. The Labute approximate surface area is 274 Å². The van der Waals surface area contributed by atoms with Crippen LogP contribution in [0.25, 0.3) is 11.0 Å². The number of amides is 2. The van der Waals surface area contributed by atoms with Crippen LogP contribution in [-0.4, -0.2) is 36.4 Å². The van der Waals surface area contributed by atoms with Gasteiger partial charge in [0.2, 0.25) is 5.91 Å². The molecule has 3 aromatic carbocycles. The summed E-state index contributed by atoms with van der Waals surface area (Å²) in [5.41, 5.74) is 4.85. The topological polar surface area (TPSA) is 88.9 Å². The number of nitrogens with one attached hydrogen (secondary N) is 1. The number of carbonyl (C=O) groups is 2. The Morgan fingerprint density at radius 2 is 1.80 bits per heavy atom. The summed E-state index contributed by atoms with van der Waals surface area (Å²) < 4.78 is 11.3. The molecular formula is C38H39ClN2O5. The lowest BCUT2D eigenvalue weighted by Crippen LogP contribution is -2.36. The number of fused-ring (bicyclic) bond motifs is 1. The molecule has 2 amide bonds. The molecule has 2 aliphatic rings. The van der Waals surface area contributed by atoms with E-state index in [1.54, 1.807) is 18.2 Å². The van der Waals surface area contributed by atoms with Gasteiger partial charge in [-0.15, -0.1) is 0 Å². The van der Waals surface area contributed by atoms with Crippen LogP contribution >= 0.6 is 11.6 Å². The second-order valence-electron chi connectivity index (χ2n) is 12.3. The van der Waals surface area contributed by atoms with Crippen molar-refractivity contribution in [1.82, 2.24) is 10.2 Å². The number of methoxy groups -OCH3 is 1. The molecule has 0 unspecified atom stereocenters. The Hall–Kier alpha value is -4.36. The van der Waals surface area contributed by atoms with Crippen molar-refractivity contribution in [3.63, 3.8) is 0 Å². The van der Waals surface area contributed by atoms with E-state index in [9.17, 15) is 14.4 Å². The Morgan fingerprint density at radius 3 is 2.57 bits per heavy atom. The molecule has 2 heterocycles. The number of piperidine rings is 1. The summed E-state index contributed by atoms with van der Waals surface area (Å²) in [6.07, 6.45) is 9.25. The minimum absolute atomic E-state index is 0.0611. The SMILES string of the molecule is COc1cccc2c(=O)cc(C(=O)N[C@H](C=C3CCC(c4ccccc4CN4CCCCC4=O)CC3)Cc3ccc(Cl)cc3)oc12.